The maximum Gasteiger partial charge on any atom is 0.317 e. The van der Waals surface area contributed by atoms with Crippen LogP contribution in [0.5, 0.6) is 6.01 Å². The first-order chi connectivity index (χ1) is 13.1. The Hall–Kier alpha value is -2.63. The lowest BCUT2D eigenvalue weighted by Gasteiger charge is -2.29. The van der Waals surface area contributed by atoms with Gasteiger partial charge >= 0.3 is 12.0 Å². The molecule has 1 aromatic heterocycles. The highest BCUT2D eigenvalue weighted by Gasteiger charge is 2.24. The molecule has 0 unspecified atom stereocenters. The molecular weight excluding hydrogens is 340 g/mol. The molecule has 1 aromatic carbocycles. The fourth-order valence-electron chi connectivity index (χ4n) is 3.42. The number of nitrogens with zero attached hydrogens (tertiary/aromatic N) is 2. The van der Waals surface area contributed by atoms with Crippen molar-refractivity contribution < 1.29 is 9.53 Å². The third-order valence-corrected chi connectivity index (χ3v) is 4.79. The van der Waals surface area contributed by atoms with Gasteiger partial charge in [0.1, 0.15) is 6.10 Å². The van der Waals surface area contributed by atoms with Crippen molar-refractivity contribution in [3.63, 3.8) is 0 Å². The standard InChI is InChI=1S/C21H28N4O2/c1-15-14-16(2)24-21(23-15)27-19-10-8-18(9-11-19)25-20(26)22-13-12-17-6-4-3-5-7-17/h3-7,14,18-19H,8-13H2,1-2H3,(H2,22,25,26). The number of hydrogen-bond donors (Lipinski definition) is 2. The molecule has 2 amide bonds. The number of rotatable bonds is 6. The van der Waals surface area contributed by atoms with Crippen molar-refractivity contribution in [3.8, 4) is 6.01 Å². The zero-order chi connectivity index (χ0) is 19.1. The highest BCUT2D eigenvalue weighted by molar-refractivity contribution is 5.74. The van der Waals surface area contributed by atoms with E-state index in [0.717, 1.165) is 43.5 Å². The van der Waals surface area contributed by atoms with Crippen LogP contribution in [0, 0.1) is 13.8 Å². The van der Waals surface area contributed by atoms with E-state index in [9.17, 15) is 4.79 Å². The summed E-state index contributed by atoms with van der Waals surface area (Å²) in [5, 5.41) is 6.01. The number of hydrogen-bond acceptors (Lipinski definition) is 4. The second kappa shape index (κ2) is 9.35. The summed E-state index contributed by atoms with van der Waals surface area (Å²) >= 11 is 0. The molecule has 1 aliphatic carbocycles. The Kier molecular flexibility index (Phi) is 6.63. The predicted octanol–water partition coefficient (Wildman–Crippen LogP) is 3.33. The lowest BCUT2D eigenvalue weighted by Crippen LogP contribution is -2.45. The van der Waals surface area contributed by atoms with Gasteiger partial charge in [-0.25, -0.2) is 14.8 Å². The van der Waals surface area contributed by atoms with Crippen LogP contribution in [0.25, 0.3) is 0 Å². The zero-order valence-corrected chi connectivity index (χ0v) is 16.1. The Morgan fingerprint density at radius 1 is 1.07 bits per heavy atom. The van der Waals surface area contributed by atoms with Crippen LogP contribution < -0.4 is 15.4 Å². The summed E-state index contributed by atoms with van der Waals surface area (Å²) in [5.41, 5.74) is 3.06. The van der Waals surface area contributed by atoms with Crippen LogP contribution >= 0.6 is 0 Å². The number of ether oxygens (including phenoxy) is 1. The molecule has 2 aromatic rings. The quantitative estimate of drug-likeness (QED) is 0.820. The molecule has 27 heavy (non-hydrogen) atoms. The Bertz CT molecular complexity index is 723. The number of carbonyl (C=O) groups excluding carboxylic acids is 1. The van der Waals surface area contributed by atoms with Gasteiger partial charge < -0.3 is 15.4 Å². The van der Waals surface area contributed by atoms with Gasteiger partial charge in [-0.1, -0.05) is 30.3 Å². The van der Waals surface area contributed by atoms with Crippen molar-refractivity contribution in [1.82, 2.24) is 20.6 Å². The first-order valence-corrected chi connectivity index (χ1v) is 9.66. The lowest BCUT2D eigenvalue weighted by molar-refractivity contribution is 0.128. The normalized spacial score (nSPS) is 19.3. The van der Waals surface area contributed by atoms with Crippen molar-refractivity contribution in [1.29, 1.82) is 0 Å². The molecule has 1 heterocycles. The van der Waals surface area contributed by atoms with Crippen LogP contribution in [0.2, 0.25) is 0 Å². The summed E-state index contributed by atoms with van der Waals surface area (Å²) in [5.74, 6) is 0. The van der Waals surface area contributed by atoms with Gasteiger partial charge in [0.2, 0.25) is 0 Å². The van der Waals surface area contributed by atoms with Crippen LogP contribution in [0.15, 0.2) is 36.4 Å². The molecule has 2 N–H and O–H groups in total. The van der Waals surface area contributed by atoms with Crippen LogP contribution in [-0.4, -0.2) is 34.7 Å². The topological polar surface area (TPSA) is 76.1 Å². The minimum Gasteiger partial charge on any atom is -0.460 e. The van der Waals surface area contributed by atoms with Gasteiger partial charge in [-0.15, -0.1) is 0 Å². The third kappa shape index (κ3) is 6.24. The van der Waals surface area contributed by atoms with Crippen molar-refractivity contribution in [2.45, 2.75) is 58.1 Å². The van der Waals surface area contributed by atoms with E-state index in [1.54, 1.807) is 0 Å². The Balaban J connectivity index is 1.35. The predicted molar refractivity (Wildman–Crippen MR) is 105 cm³/mol. The van der Waals surface area contributed by atoms with Crippen LogP contribution in [-0.2, 0) is 6.42 Å². The van der Waals surface area contributed by atoms with Crippen molar-refractivity contribution in [2.24, 2.45) is 0 Å². The van der Waals surface area contributed by atoms with E-state index in [1.165, 1.54) is 5.56 Å². The van der Waals surface area contributed by atoms with Gasteiger partial charge in [0.15, 0.2) is 0 Å². The Labute approximate surface area is 160 Å². The molecule has 0 bridgehead atoms. The molecule has 1 aliphatic rings. The van der Waals surface area contributed by atoms with Gasteiger partial charge in [0.25, 0.3) is 0 Å². The average molecular weight is 368 g/mol. The van der Waals surface area contributed by atoms with Crippen LogP contribution in [0.3, 0.4) is 0 Å². The molecule has 0 spiro atoms. The van der Waals surface area contributed by atoms with Crippen molar-refractivity contribution >= 4 is 6.03 Å². The number of carbonyl (C=O) groups is 1. The molecule has 0 radical (unpaired) electrons. The number of benzene rings is 1. The second-order valence-electron chi connectivity index (χ2n) is 7.16. The lowest BCUT2D eigenvalue weighted by atomic mass is 9.93. The summed E-state index contributed by atoms with van der Waals surface area (Å²) in [6.45, 7) is 4.52. The first-order valence-electron chi connectivity index (χ1n) is 9.66. The molecule has 3 rings (SSSR count). The molecule has 6 heteroatoms. The van der Waals surface area contributed by atoms with Gasteiger partial charge in [0, 0.05) is 24.0 Å². The number of urea groups is 1. The van der Waals surface area contributed by atoms with E-state index >= 15 is 0 Å². The third-order valence-electron chi connectivity index (χ3n) is 4.79. The van der Waals surface area contributed by atoms with E-state index in [2.05, 4.69) is 32.7 Å². The van der Waals surface area contributed by atoms with E-state index in [1.807, 2.05) is 38.1 Å². The number of aryl methyl sites for hydroxylation is 2. The smallest absolute Gasteiger partial charge is 0.317 e. The molecule has 1 saturated carbocycles. The van der Waals surface area contributed by atoms with Gasteiger partial charge in [0.05, 0.1) is 0 Å². The molecule has 144 valence electrons. The Morgan fingerprint density at radius 3 is 2.41 bits per heavy atom. The number of nitrogens with one attached hydrogen (secondary N) is 2. The largest absolute Gasteiger partial charge is 0.460 e. The summed E-state index contributed by atoms with van der Waals surface area (Å²) < 4.78 is 5.93. The molecule has 6 nitrogen and oxygen atoms in total. The SMILES string of the molecule is Cc1cc(C)nc(OC2CCC(NC(=O)NCCc3ccccc3)CC2)n1. The van der Waals surface area contributed by atoms with Crippen LogP contribution in [0.1, 0.15) is 42.6 Å². The monoisotopic (exact) mass is 368 g/mol. The molecule has 0 atom stereocenters. The molecule has 0 saturated heterocycles. The van der Waals surface area contributed by atoms with Gasteiger partial charge in [-0.3, -0.25) is 0 Å². The van der Waals surface area contributed by atoms with E-state index in [-0.39, 0.29) is 18.2 Å². The summed E-state index contributed by atoms with van der Waals surface area (Å²) in [4.78, 5) is 20.8. The minimum atomic E-state index is -0.0899. The first kappa shape index (κ1) is 19.1. The van der Waals surface area contributed by atoms with Crippen molar-refractivity contribution in [3.05, 3.63) is 53.3 Å². The fourth-order valence-corrected chi connectivity index (χ4v) is 3.42. The maximum absolute atomic E-state index is 12.1. The molecule has 0 aliphatic heterocycles. The van der Waals surface area contributed by atoms with Crippen LogP contribution in [0.4, 0.5) is 4.79 Å². The van der Waals surface area contributed by atoms with E-state index in [0.29, 0.717) is 12.6 Å². The van der Waals surface area contributed by atoms with E-state index in [4.69, 9.17) is 4.74 Å². The summed E-state index contributed by atoms with van der Waals surface area (Å²) in [7, 11) is 0. The highest BCUT2D eigenvalue weighted by Crippen LogP contribution is 2.22. The van der Waals surface area contributed by atoms with Gasteiger partial charge in [-0.05, 0) is 57.6 Å². The van der Waals surface area contributed by atoms with Gasteiger partial charge in [-0.2, -0.15) is 0 Å². The summed E-state index contributed by atoms with van der Waals surface area (Å²) in [6, 6.07) is 12.7. The minimum absolute atomic E-state index is 0.0899. The molecular formula is C21H28N4O2. The summed E-state index contributed by atoms with van der Waals surface area (Å²) in [6.07, 6.45) is 4.55. The number of aromatic nitrogens is 2. The van der Waals surface area contributed by atoms with E-state index < -0.39 is 0 Å². The fraction of sp³-hybridized carbons (Fsp3) is 0.476. The highest BCUT2D eigenvalue weighted by atomic mass is 16.5. The Morgan fingerprint density at radius 2 is 1.74 bits per heavy atom. The van der Waals surface area contributed by atoms with Crippen molar-refractivity contribution in [2.75, 3.05) is 6.54 Å². The average Bonchev–Trinajstić information content (AvgIpc) is 2.63. The number of amides is 2. The zero-order valence-electron chi connectivity index (χ0n) is 16.1. The molecule has 1 fully saturated rings. The second-order valence-corrected chi connectivity index (χ2v) is 7.16. The maximum atomic E-state index is 12.1.